The second-order valence-electron chi connectivity index (χ2n) is 2.25. The van der Waals surface area contributed by atoms with Crippen molar-refractivity contribution in [3.05, 3.63) is 28.2 Å². The highest BCUT2D eigenvalue weighted by Gasteiger charge is 2.31. The molecule has 72 valence electrons. The molecule has 0 N–H and O–H groups in total. The molecule has 0 fully saturated rings. The van der Waals surface area contributed by atoms with Gasteiger partial charge in [0, 0.05) is 9.37 Å². The minimum Gasteiger partial charge on any atom is -0.166 e. The Morgan fingerprint density at radius 3 is 2.23 bits per heavy atom. The summed E-state index contributed by atoms with van der Waals surface area (Å²) in [5.74, 6) is 0. The summed E-state index contributed by atoms with van der Waals surface area (Å²) in [7, 11) is 0. The fraction of sp³-hybridized carbons (Fsp3) is 0.143. The minimum absolute atomic E-state index is 0.0679. The van der Waals surface area contributed by atoms with Crippen LogP contribution < -0.4 is 0 Å². The Balaban J connectivity index is 3.16. The molecule has 6 heteroatoms. The van der Waals surface area contributed by atoms with Crippen molar-refractivity contribution in [1.82, 2.24) is 0 Å². The van der Waals surface area contributed by atoms with Crippen LogP contribution in [0.3, 0.4) is 0 Å². The van der Waals surface area contributed by atoms with Gasteiger partial charge in [-0.2, -0.15) is 17.1 Å². The van der Waals surface area contributed by atoms with Gasteiger partial charge in [0.15, 0.2) is 0 Å². The first kappa shape index (κ1) is 10.8. The van der Waals surface area contributed by atoms with Gasteiger partial charge in [-0.15, -0.1) is 0 Å². The van der Waals surface area contributed by atoms with Gasteiger partial charge in [0.1, 0.15) is 0 Å². The second kappa shape index (κ2) is 3.88. The van der Waals surface area contributed by atoms with Crippen LogP contribution in [0, 0.1) is 0 Å². The third-order valence-electron chi connectivity index (χ3n) is 1.29. The number of alkyl halides is 3. The summed E-state index contributed by atoms with van der Waals surface area (Å²) >= 11 is 2.65. The average molecular weight is 275 g/mol. The van der Waals surface area contributed by atoms with Crippen LogP contribution in [0.1, 0.15) is 5.56 Å². The molecule has 0 aliphatic carbocycles. The molecular formula is C7H3BrF4S. The summed E-state index contributed by atoms with van der Waals surface area (Å²) in [6, 6.07) is 2.94. The van der Waals surface area contributed by atoms with Crippen LogP contribution in [0.25, 0.3) is 0 Å². The molecule has 0 saturated heterocycles. The van der Waals surface area contributed by atoms with Crippen molar-refractivity contribution >= 4 is 28.1 Å². The normalized spacial score (nSPS) is 11.8. The smallest absolute Gasteiger partial charge is 0.166 e. The zero-order valence-corrected chi connectivity index (χ0v) is 8.43. The van der Waals surface area contributed by atoms with Gasteiger partial charge in [-0.25, -0.2) is 0 Å². The molecule has 0 spiro atoms. The van der Waals surface area contributed by atoms with Crippen LogP contribution in [0.4, 0.5) is 17.1 Å². The number of hydrogen-bond acceptors (Lipinski definition) is 1. The van der Waals surface area contributed by atoms with E-state index in [1.165, 1.54) is 6.07 Å². The standard InChI is InChI=1S/C7H3BrF4S/c8-5-1-4(7(9,10)11)2-6(3-5)13-12/h1-3H. The van der Waals surface area contributed by atoms with Crippen molar-refractivity contribution in [3.8, 4) is 0 Å². The first-order valence-electron chi connectivity index (χ1n) is 3.10. The van der Waals surface area contributed by atoms with E-state index in [-0.39, 0.29) is 21.5 Å². The van der Waals surface area contributed by atoms with Crippen molar-refractivity contribution in [1.29, 1.82) is 0 Å². The van der Waals surface area contributed by atoms with Crippen LogP contribution in [-0.4, -0.2) is 0 Å². The topological polar surface area (TPSA) is 0 Å². The van der Waals surface area contributed by atoms with E-state index in [4.69, 9.17) is 0 Å². The van der Waals surface area contributed by atoms with E-state index < -0.39 is 11.7 Å². The van der Waals surface area contributed by atoms with Crippen LogP contribution >= 0.6 is 28.1 Å². The molecule has 13 heavy (non-hydrogen) atoms. The third kappa shape index (κ3) is 2.87. The van der Waals surface area contributed by atoms with E-state index >= 15 is 0 Å². The van der Waals surface area contributed by atoms with Crippen LogP contribution in [0.15, 0.2) is 27.6 Å². The maximum atomic E-state index is 12.1. The molecule has 0 aliphatic heterocycles. The van der Waals surface area contributed by atoms with E-state index in [0.717, 1.165) is 12.1 Å². The van der Waals surface area contributed by atoms with E-state index in [1.807, 2.05) is 0 Å². The van der Waals surface area contributed by atoms with Gasteiger partial charge >= 0.3 is 6.18 Å². The first-order valence-corrected chi connectivity index (χ1v) is 4.61. The molecule has 1 aromatic carbocycles. The molecule has 0 heterocycles. The summed E-state index contributed by atoms with van der Waals surface area (Å²) in [5.41, 5.74) is -0.859. The predicted octanol–water partition coefficient (Wildman–Crippen LogP) is 4.44. The third-order valence-corrected chi connectivity index (χ3v) is 2.16. The lowest BCUT2D eigenvalue weighted by Crippen LogP contribution is -2.04. The molecule has 0 nitrogen and oxygen atoms in total. The highest BCUT2D eigenvalue weighted by atomic mass is 79.9. The Morgan fingerprint density at radius 1 is 1.15 bits per heavy atom. The van der Waals surface area contributed by atoms with E-state index in [9.17, 15) is 17.1 Å². The molecule has 0 atom stereocenters. The van der Waals surface area contributed by atoms with Crippen LogP contribution in [-0.2, 0) is 6.18 Å². The molecule has 0 aromatic heterocycles. The second-order valence-corrected chi connectivity index (χ2v) is 3.79. The van der Waals surface area contributed by atoms with Gasteiger partial charge in [-0.3, -0.25) is 0 Å². The van der Waals surface area contributed by atoms with Gasteiger partial charge in [0.05, 0.1) is 17.7 Å². The zero-order chi connectivity index (χ0) is 10.1. The van der Waals surface area contributed by atoms with Gasteiger partial charge in [-0.1, -0.05) is 15.9 Å². The molecule has 1 aromatic rings. The maximum Gasteiger partial charge on any atom is 0.416 e. The number of rotatable bonds is 1. The summed E-state index contributed by atoms with van der Waals surface area (Å²) in [4.78, 5) is -0.0679. The lowest BCUT2D eigenvalue weighted by atomic mass is 10.2. The highest BCUT2D eigenvalue weighted by Crippen LogP contribution is 2.34. The summed E-state index contributed by atoms with van der Waals surface area (Å²) in [6.07, 6.45) is -4.44. The SMILES string of the molecule is FSc1cc(Br)cc(C(F)(F)F)c1. The minimum atomic E-state index is -4.44. The lowest BCUT2D eigenvalue weighted by Gasteiger charge is -2.07. The van der Waals surface area contributed by atoms with Crippen LogP contribution in [0.5, 0.6) is 0 Å². The maximum absolute atomic E-state index is 12.1. The molecule has 1 rings (SSSR count). The van der Waals surface area contributed by atoms with Crippen molar-refractivity contribution in [2.24, 2.45) is 0 Å². The zero-order valence-electron chi connectivity index (χ0n) is 6.03. The predicted molar refractivity (Wildman–Crippen MR) is 46.1 cm³/mol. The van der Waals surface area contributed by atoms with Crippen molar-refractivity contribution < 1.29 is 17.1 Å². The van der Waals surface area contributed by atoms with Crippen molar-refractivity contribution in [2.45, 2.75) is 11.1 Å². The Hall–Kier alpha value is -0.230. The Kier molecular flexibility index (Phi) is 3.23. The first-order chi connectivity index (χ1) is 5.93. The largest absolute Gasteiger partial charge is 0.416 e. The Labute approximate surface area is 84.7 Å². The van der Waals surface area contributed by atoms with Crippen molar-refractivity contribution in [3.63, 3.8) is 0 Å². The molecule has 0 bridgehead atoms. The molecule has 0 radical (unpaired) electrons. The summed E-state index contributed by atoms with van der Waals surface area (Å²) in [5, 5.41) is 0. The average Bonchev–Trinajstić information content (AvgIpc) is 2.01. The fourth-order valence-electron chi connectivity index (χ4n) is 0.771. The molecule has 0 amide bonds. The Morgan fingerprint density at radius 2 is 1.77 bits per heavy atom. The number of hydrogen-bond donors (Lipinski definition) is 0. The van der Waals surface area contributed by atoms with Gasteiger partial charge in [0.25, 0.3) is 0 Å². The fourth-order valence-corrected chi connectivity index (χ4v) is 1.76. The summed E-state index contributed by atoms with van der Waals surface area (Å²) < 4.78 is 48.6. The number of benzene rings is 1. The van der Waals surface area contributed by atoms with Crippen LogP contribution in [0.2, 0.25) is 0 Å². The number of halogens is 5. The monoisotopic (exact) mass is 274 g/mol. The molecule has 0 aliphatic rings. The van der Waals surface area contributed by atoms with E-state index in [2.05, 4.69) is 15.9 Å². The van der Waals surface area contributed by atoms with Gasteiger partial charge < -0.3 is 0 Å². The molecule has 0 unspecified atom stereocenters. The Bertz CT molecular complexity index is 310. The quantitative estimate of drug-likeness (QED) is 0.682. The van der Waals surface area contributed by atoms with E-state index in [0.29, 0.717) is 0 Å². The van der Waals surface area contributed by atoms with Gasteiger partial charge in [0.2, 0.25) is 0 Å². The van der Waals surface area contributed by atoms with Crippen molar-refractivity contribution in [2.75, 3.05) is 0 Å². The van der Waals surface area contributed by atoms with E-state index in [1.54, 1.807) is 0 Å². The highest BCUT2D eigenvalue weighted by molar-refractivity contribution is 9.10. The lowest BCUT2D eigenvalue weighted by molar-refractivity contribution is -0.137. The molecular weight excluding hydrogens is 272 g/mol. The molecule has 0 saturated carbocycles. The van der Waals surface area contributed by atoms with Gasteiger partial charge in [-0.05, 0) is 18.2 Å². The summed E-state index contributed by atoms with van der Waals surface area (Å²) in [6.45, 7) is 0.